The Labute approximate surface area is 145 Å². The minimum atomic E-state index is -1.74. The van der Waals surface area contributed by atoms with Crippen molar-refractivity contribution < 1.29 is 9.16 Å². The van der Waals surface area contributed by atoms with E-state index in [1.807, 2.05) is 17.1 Å². The van der Waals surface area contributed by atoms with Crippen LogP contribution >= 0.6 is 0 Å². The van der Waals surface area contributed by atoms with Gasteiger partial charge in [-0.15, -0.1) is 0 Å². The highest BCUT2D eigenvalue weighted by atomic mass is 28.4. The second kappa shape index (κ2) is 7.63. The van der Waals surface area contributed by atoms with Crippen LogP contribution in [0.2, 0.25) is 18.1 Å². The molecule has 1 aliphatic rings. The van der Waals surface area contributed by atoms with Crippen LogP contribution in [0.3, 0.4) is 0 Å². The first-order valence-electron chi connectivity index (χ1n) is 8.44. The monoisotopic (exact) mass is 351 g/mol. The molecule has 2 heterocycles. The van der Waals surface area contributed by atoms with Crippen LogP contribution in [0.15, 0.2) is 17.1 Å². The molecule has 0 atom stereocenters. The van der Waals surface area contributed by atoms with Gasteiger partial charge < -0.3 is 19.0 Å². The van der Waals surface area contributed by atoms with Crippen molar-refractivity contribution in [1.82, 2.24) is 9.97 Å². The van der Waals surface area contributed by atoms with Gasteiger partial charge in [-0.05, 0) is 24.2 Å². The van der Waals surface area contributed by atoms with Crippen molar-refractivity contribution in [3.05, 3.63) is 28.3 Å². The number of aromatic nitrogens is 2. The quantitative estimate of drug-likeness (QED) is 0.826. The molecule has 0 aromatic carbocycles. The molecule has 0 radical (unpaired) electrons. The third-order valence-electron chi connectivity index (χ3n) is 4.74. The highest BCUT2D eigenvalue weighted by molar-refractivity contribution is 6.74. The molecule has 1 N–H and O–H groups in total. The molecule has 1 fully saturated rings. The number of hydrogen-bond acceptors (Lipinski definition) is 5. The number of rotatable bonds is 5. The smallest absolute Gasteiger partial charge is 0.290 e. The Hall–Kier alpha value is -1.44. The van der Waals surface area contributed by atoms with E-state index in [2.05, 4.69) is 43.8 Å². The van der Waals surface area contributed by atoms with Gasteiger partial charge in [0.25, 0.3) is 5.56 Å². The van der Waals surface area contributed by atoms with Crippen molar-refractivity contribution in [2.75, 3.05) is 37.8 Å². The summed E-state index contributed by atoms with van der Waals surface area (Å²) in [5.74, 6) is 0.464. The van der Waals surface area contributed by atoms with Gasteiger partial charge in [-0.3, -0.25) is 4.79 Å². The Balaban J connectivity index is 2.01. The van der Waals surface area contributed by atoms with Crippen LogP contribution in [0.4, 0.5) is 5.82 Å². The summed E-state index contributed by atoms with van der Waals surface area (Å²) in [7, 11) is -1.74. The highest BCUT2D eigenvalue weighted by Crippen LogP contribution is 2.36. The van der Waals surface area contributed by atoms with Crippen molar-refractivity contribution >= 4 is 20.2 Å². The summed E-state index contributed by atoms with van der Waals surface area (Å²) in [6.45, 7) is 14.3. The van der Waals surface area contributed by atoms with Crippen molar-refractivity contribution in [2.45, 2.75) is 38.9 Å². The molecule has 0 aliphatic carbocycles. The van der Waals surface area contributed by atoms with E-state index in [1.54, 1.807) is 6.20 Å². The average molecular weight is 352 g/mol. The van der Waals surface area contributed by atoms with Gasteiger partial charge in [0.15, 0.2) is 14.1 Å². The van der Waals surface area contributed by atoms with Crippen molar-refractivity contribution in [2.24, 2.45) is 0 Å². The zero-order chi connectivity index (χ0) is 17.8. The van der Waals surface area contributed by atoms with Gasteiger partial charge in [0, 0.05) is 19.3 Å². The van der Waals surface area contributed by atoms with Crippen molar-refractivity contribution in [3.63, 3.8) is 0 Å². The Morgan fingerprint density at radius 3 is 2.67 bits per heavy atom. The predicted octanol–water partition coefficient (Wildman–Crippen LogP) is 2.64. The topological polar surface area (TPSA) is 67.5 Å². The van der Waals surface area contributed by atoms with Gasteiger partial charge >= 0.3 is 0 Å². The van der Waals surface area contributed by atoms with Crippen LogP contribution in [0.5, 0.6) is 0 Å². The lowest BCUT2D eigenvalue weighted by molar-refractivity contribution is 0.122. The van der Waals surface area contributed by atoms with Gasteiger partial charge in [0.1, 0.15) is 0 Å². The highest BCUT2D eigenvalue weighted by Gasteiger charge is 2.36. The lowest BCUT2D eigenvalue weighted by Crippen LogP contribution is -2.40. The van der Waals surface area contributed by atoms with E-state index in [4.69, 9.17) is 9.16 Å². The molecule has 0 unspecified atom stereocenters. The van der Waals surface area contributed by atoms with Crippen LogP contribution in [-0.2, 0) is 9.16 Å². The summed E-state index contributed by atoms with van der Waals surface area (Å²) >= 11 is 0. The van der Waals surface area contributed by atoms with Gasteiger partial charge in [0.05, 0.1) is 25.5 Å². The molecule has 2 rings (SSSR count). The lowest BCUT2D eigenvalue weighted by Gasteiger charge is -2.35. The summed E-state index contributed by atoms with van der Waals surface area (Å²) in [6.07, 6.45) is 5.49. The maximum atomic E-state index is 12.0. The minimum absolute atomic E-state index is 0.161. The second-order valence-electron chi connectivity index (χ2n) is 7.55. The van der Waals surface area contributed by atoms with E-state index < -0.39 is 8.32 Å². The molecule has 134 valence electrons. The number of anilines is 1. The summed E-state index contributed by atoms with van der Waals surface area (Å²) < 4.78 is 11.4. The number of ether oxygens (including phenoxy) is 1. The summed E-state index contributed by atoms with van der Waals surface area (Å²) in [6, 6.07) is 0. The molecule has 24 heavy (non-hydrogen) atoms. The lowest BCUT2D eigenvalue weighted by atomic mass is 10.2. The Kier molecular flexibility index (Phi) is 6.00. The molecule has 1 aliphatic heterocycles. The molecule has 7 heteroatoms. The molecule has 1 aromatic rings. The van der Waals surface area contributed by atoms with Crippen LogP contribution in [-0.4, -0.2) is 51.2 Å². The molecular weight excluding hydrogens is 322 g/mol. The molecular formula is C17H29N3O3Si. The van der Waals surface area contributed by atoms with Crippen LogP contribution < -0.4 is 10.5 Å². The molecule has 0 bridgehead atoms. The van der Waals surface area contributed by atoms with Gasteiger partial charge in [-0.25, -0.2) is 4.98 Å². The maximum absolute atomic E-state index is 12.0. The number of aromatic amines is 1. The third kappa shape index (κ3) is 4.78. The van der Waals surface area contributed by atoms with E-state index in [9.17, 15) is 4.79 Å². The van der Waals surface area contributed by atoms with Gasteiger partial charge in [-0.2, -0.15) is 0 Å². The van der Waals surface area contributed by atoms with Crippen molar-refractivity contribution in [3.8, 4) is 0 Å². The average Bonchev–Trinajstić information content (AvgIpc) is 2.53. The zero-order valence-corrected chi connectivity index (χ0v) is 16.4. The number of H-pyrrole nitrogens is 1. The minimum Gasteiger partial charge on any atom is -0.413 e. The molecule has 0 spiro atoms. The first-order valence-corrected chi connectivity index (χ1v) is 11.3. The normalized spacial score (nSPS) is 16.8. The fraction of sp³-hybridized carbons (Fsp3) is 0.647. The summed E-state index contributed by atoms with van der Waals surface area (Å²) in [4.78, 5) is 21.2. The van der Waals surface area contributed by atoms with Gasteiger partial charge in [0.2, 0.25) is 0 Å². The van der Waals surface area contributed by atoms with Crippen LogP contribution in [0, 0.1) is 0 Å². The van der Waals surface area contributed by atoms with Crippen molar-refractivity contribution in [1.29, 1.82) is 0 Å². The Morgan fingerprint density at radius 2 is 2.04 bits per heavy atom. The fourth-order valence-corrected chi connectivity index (χ4v) is 3.07. The number of hydrogen-bond donors (Lipinski definition) is 1. The third-order valence-corrected chi connectivity index (χ3v) is 9.24. The van der Waals surface area contributed by atoms with Crippen LogP contribution in [0.25, 0.3) is 6.08 Å². The first kappa shape index (κ1) is 18.9. The molecule has 1 aromatic heterocycles. The second-order valence-corrected chi connectivity index (χ2v) is 12.4. The number of nitrogens with one attached hydrogen (secondary N) is 1. The predicted molar refractivity (Wildman–Crippen MR) is 100 cm³/mol. The Morgan fingerprint density at radius 1 is 1.38 bits per heavy atom. The molecule has 0 amide bonds. The molecule has 0 saturated carbocycles. The molecule has 1 saturated heterocycles. The van der Waals surface area contributed by atoms with E-state index in [0.717, 1.165) is 5.69 Å². The van der Waals surface area contributed by atoms with E-state index >= 15 is 0 Å². The van der Waals surface area contributed by atoms with E-state index in [1.165, 1.54) is 0 Å². The SMILES string of the molecule is CC(C)(C)[Si](C)(C)OC/C=C/c1c[nH]c(=O)c(N2CCOCC2)n1. The van der Waals surface area contributed by atoms with Crippen LogP contribution in [0.1, 0.15) is 26.5 Å². The zero-order valence-electron chi connectivity index (χ0n) is 15.4. The fourth-order valence-electron chi connectivity index (χ4n) is 2.13. The standard InChI is InChI=1S/C17H29N3O3Si/c1-17(2,3)24(4,5)23-10-6-7-14-13-18-16(21)15(19-14)20-8-11-22-12-9-20/h6-7,13H,8-12H2,1-5H3,(H,18,21)/b7-6+. The summed E-state index contributed by atoms with van der Waals surface area (Å²) in [5.41, 5.74) is 0.571. The maximum Gasteiger partial charge on any atom is 0.290 e. The van der Waals surface area contributed by atoms with E-state index in [0.29, 0.717) is 38.7 Å². The summed E-state index contributed by atoms with van der Waals surface area (Å²) in [5, 5.41) is 0.195. The Bertz CT molecular complexity index is 629. The largest absolute Gasteiger partial charge is 0.413 e. The molecule has 6 nitrogen and oxygen atoms in total. The number of nitrogens with zero attached hydrogens (tertiary/aromatic N) is 2. The van der Waals surface area contributed by atoms with E-state index in [-0.39, 0.29) is 10.6 Å². The van der Waals surface area contributed by atoms with Gasteiger partial charge in [-0.1, -0.05) is 26.8 Å². The first-order chi connectivity index (χ1) is 11.2. The number of morpholine rings is 1.